The molecular formula is C20H20ClN3OS. The van der Waals surface area contributed by atoms with Crippen molar-refractivity contribution in [1.29, 1.82) is 0 Å². The summed E-state index contributed by atoms with van der Waals surface area (Å²) in [5, 5.41) is 4.38. The molecule has 0 bridgehead atoms. The van der Waals surface area contributed by atoms with E-state index in [-0.39, 0.29) is 17.2 Å². The number of rotatable bonds is 4. The largest absolute Gasteiger partial charge is 0.348 e. The average molecular weight is 386 g/mol. The van der Waals surface area contributed by atoms with Crippen molar-refractivity contribution in [3.8, 4) is 0 Å². The van der Waals surface area contributed by atoms with E-state index < -0.39 is 0 Å². The minimum Gasteiger partial charge on any atom is -0.348 e. The molecule has 0 aliphatic heterocycles. The number of aromatic amines is 1. The Labute approximate surface area is 161 Å². The lowest BCUT2D eigenvalue weighted by molar-refractivity contribution is -0.121. The van der Waals surface area contributed by atoms with E-state index in [9.17, 15) is 4.79 Å². The van der Waals surface area contributed by atoms with Gasteiger partial charge in [-0.1, -0.05) is 47.6 Å². The van der Waals surface area contributed by atoms with Crippen LogP contribution in [0.3, 0.4) is 0 Å². The number of fused-ring (bicyclic) bond motifs is 2. The number of hydrogen-bond donors (Lipinski definition) is 2. The van der Waals surface area contributed by atoms with Crippen molar-refractivity contribution in [2.24, 2.45) is 0 Å². The Bertz CT molecular complexity index is 955. The summed E-state index contributed by atoms with van der Waals surface area (Å²) < 4.78 is 0. The summed E-state index contributed by atoms with van der Waals surface area (Å²) in [5.74, 6) is 0.0372. The van der Waals surface area contributed by atoms with Gasteiger partial charge in [-0.15, -0.1) is 0 Å². The van der Waals surface area contributed by atoms with Crippen LogP contribution < -0.4 is 5.32 Å². The minimum absolute atomic E-state index is 0.0372. The quantitative estimate of drug-likeness (QED) is 0.628. The van der Waals surface area contributed by atoms with Crippen molar-refractivity contribution < 1.29 is 4.79 Å². The van der Waals surface area contributed by atoms with Gasteiger partial charge in [0.2, 0.25) is 5.91 Å². The first-order valence-electron chi connectivity index (χ1n) is 8.80. The van der Waals surface area contributed by atoms with Crippen LogP contribution in [0.4, 0.5) is 0 Å². The molecule has 6 heteroatoms. The van der Waals surface area contributed by atoms with Crippen LogP contribution in [-0.4, -0.2) is 21.1 Å². The Balaban J connectivity index is 1.45. The molecule has 0 spiro atoms. The van der Waals surface area contributed by atoms with Crippen LogP contribution in [0, 0.1) is 0 Å². The molecule has 2 atom stereocenters. The zero-order chi connectivity index (χ0) is 18.1. The second-order valence-corrected chi connectivity index (χ2v) is 8.38. The predicted molar refractivity (Wildman–Crippen MR) is 107 cm³/mol. The van der Waals surface area contributed by atoms with E-state index in [1.807, 2.05) is 31.2 Å². The van der Waals surface area contributed by atoms with E-state index in [1.165, 1.54) is 22.9 Å². The Hall–Kier alpha value is -1.98. The molecule has 0 saturated heterocycles. The molecular weight excluding hydrogens is 366 g/mol. The van der Waals surface area contributed by atoms with Crippen LogP contribution in [0.1, 0.15) is 36.9 Å². The Morgan fingerprint density at radius 2 is 2.19 bits per heavy atom. The van der Waals surface area contributed by atoms with Crippen LogP contribution in [0.25, 0.3) is 11.0 Å². The van der Waals surface area contributed by atoms with Crippen LogP contribution in [0.5, 0.6) is 0 Å². The lowest BCUT2D eigenvalue weighted by Gasteiger charge is -2.27. The standard InChI is InChI=1S/C20H20ClN3OS/c1-12(26-20-23-17-10-9-14(21)11-18(17)24-20)19(25)22-16-8-4-6-13-5-2-3-7-15(13)16/h2-3,5,7,9-12,16H,4,6,8H2,1H3,(H,22,25)(H,23,24)/t12-,16-/m1/s1. The van der Waals surface area contributed by atoms with Crippen molar-refractivity contribution >= 4 is 40.3 Å². The molecule has 0 fully saturated rings. The van der Waals surface area contributed by atoms with Crippen molar-refractivity contribution in [2.45, 2.75) is 42.6 Å². The van der Waals surface area contributed by atoms with Crippen LogP contribution >= 0.6 is 23.4 Å². The van der Waals surface area contributed by atoms with Crippen LogP contribution in [-0.2, 0) is 11.2 Å². The van der Waals surface area contributed by atoms with E-state index in [4.69, 9.17) is 11.6 Å². The van der Waals surface area contributed by atoms with Crippen molar-refractivity contribution in [3.63, 3.8) is 0 Å². The van der Waals surface area contributed by atoms with E-state index >= 15 is 0 Å². The van der Waals surface area contributed by atoms with Gasteiger partial charge in [0.25, 0.3) is 0 Å². The Morgan fingerprint density at radius 1 is 1.35 bits per heavy atom. The SMILES string of the molecule is C[C@@H](Sc1nc2ccc(Cl)cc2[nH]1)C(=O)N[C@@H]1CCCc2ccccc21. The number of H-pyrrole nitrogens is 1. The molecule has 1 amide bonds. The molecule has 0 unspecified atom stereocenters. The second kappa shape index (κ2) is 7.33. The highest BCUT2D eigenvalue weighted by Gasteiger charge is 2.24. The first-order chi connectivity index (χ1) is 12.6. The summed E-state index contributed by atoms with van der Waals surface area (Å²) in [6, 6.07) is 14.0. The van der Waals surface area contributed by atoms with Gasteiger partial charge >= 0.3 is 0 Å². The molecule has 4 nitrogen and oxygen atoms in total. The molecule has 3 aromatic rings. The number of amides is 1. The number of aryl methyl sites for hydroxylation is 1. The van der Waals surface area contributed by atoms with Crippen molar-refractivity contribution in [3.05, 3.63) is 58.6 Å². The molecule has 1 aliphatic carbocycles. The maximum absolute atomic E-state index is 12.7. The summed E-state index contributed by atoms with van der Waals surface area (Å²) in [7, 11) is 0. The van der Waals surface area contributed by atoms with Gasteiger partial charge in [-0.25, -0.2) is 4.98 Å². The highest BCUT2D eigenvalue weighted by atomic mass is 35.5. The third kappa shape index (κ3) is 3.60. The molecule has 1 heterocycles. The van der Waals surface area contributed by atoms with Gasteiger partial charge in [-0.3, -0.25) is 4.79 Å². The zero-order valence-electron chi connectivity index (χ0n) is 14.5. The molecule has 2 aromatic carbocycles. The second-order valence-electron chi connectivity index (χ2n) is 6.62. The van der Waals surface area contributed by atoms with Gasteiger partial charge in [-0.05, 0) is 55.5 Å². The van der Waals surface area contributed by atoms with Gasteiger partial charge in [0, 0.05) is 5.02 Å². The highest BCUT2D eigenvalue weighted by Crippen LogP contribution is 2.30. The number of nitrogens with one attached hydrogen (secondary N) is 2. The molecule has 1 aliphatic rings. The third-order valence-electron chi connectivity index (χ3n) is 4.77. The number of nitrogens with zero attached hydrogens (tertiary/aromatic N) is 1. The molecule has 26 heavy (non-hydrogen) atoms. The first-order valence-corrected chi connectivity index (χ1v) is 10.1. The predicted octanol–water partition coefficient (Wildman–Crippen LogP) is 4.89. The number of hydrogen-bond acceptors (Lipinski definition) is 3. The van der Waals surface area contributed by atoms with Gasteiger partial charge in [0.15, 0.2) is 5.16 Å². The number of benzene rings is 2. The topological polar surface area (TPSA) is 57.8 Å². The Kier molecular flexibility index (Phi) is 4.92. The van der Waals surface area contributed by atoms with E-state index in [0.29, 0.717) is 5.02 Å². The van der Waals surface area contributed by atoms with Crippen molar-refractivity contribution in [2.75, 3.05) is 0 Å². The lowest BCUT2D eigenvalue weighted by Crippen LogP contribution is -2.35. The number of aromatic nitrogens is 2. The summed E-state index contributed by atoms with van der Waals surface area (Å²) >= 11 is 7.45. The van der Waals surface area contributed by atoms with Crippen LogP contribution in [0.15, 0.2) is 47.6 Å². The summed E-state index contributed by atoms with van der Waals surface area (Å²) in [6.07, 6.45) is 3.19. The summed E-state index contributed by atoms with van der Waals surface area (Å²) in [5.41, 5.74) is 4.33. The fourth-order valence-corrected chi connectivity index (χ4v) is 4.43. The molecule has 4 rings (SSSR count). The highest BCUT2D eigenvalue weighted by molar-refractivity contribution is 8.00. The molecule has 134 valence electrons. The van der Waals surface area contributed by atoms with Crippen molar-refractivity contribution in [1.82, 2.24) is 15.3 Å². The first kappa shape index (κ1) is 17.4. The Morgan fingerprint density at radius 3 is 3.08 bits per heavy atom. The molecule has 0 saturated carbocycles. The lowest BCUT2D eigenvalue weighted by atomic mass is 9.88. The number of halogens is 1. The number of thioether (sulfide) groups is 1. The normalized spacial score (nSPS) is 17.7. The molecule has 2 N–H and O–H groups in total. The number of imidazole rings is 1. The fourth-order valence-electron chi connectivity index (χ4n) is 3.43. The van der Waals surface area contributed by atoms with Gasteiger partial charge in [0.05, 0.1) is 22.3 Å². The maximum atomic E-state index is 12.7. The molecule has 1 aromatic heterocycles. The average Bonchev–Trinajstić information content (AvgIpc) is 3.03. The van der Waals surface area contributed by atoms with E-state index in [1.54, 1.807) is 0 Å². The smallest absolute Gasteiger partial charge is 0.233 e. The zero-order valence-corrected chi connectivity index (χ0v) is 16.0. The minimum atomic E-state index is -0.236. The van der Waals surface area contributed by atoms with E-state index in [0.717, 1.165) is 35.5 Å². The van der Waals surface area contributed by atoms with Crippen LogP contribution in [0.2, 0.25) is 5.02 Å². The van der Waals surface area contributed by atoms with Gasteiger partial charge in [-0.2, -0.15) is 0 Å². The van der Waals surface area contributed by atoms with Gasteiger partial charge < -0.3 is 10.3 Å². The summed E-state index contributed by atoms with van der Waals surface area (Å²) in [6.45, 7) is 1.91. The van der Waals surface area contributed by atoms with E-state index in [2.05, 4.69) is 33.5 Å². The maximum Gasteiger partial charge on any atom is 0.233 e. The number of carbonyl (C=O) groups is 1. The monoisotopic (exact) mass is 385 g/mol. The number of carbonyl (C=O) groups excluding carboxylic acids is 1. The fraction of sp³-hybridized carbons (Fsp3) is 0.300. The van der Waals surface area contributed by atoms with Gasteiger partial charge in [0.1, 0.15) is 0 Å². The summed E-state index contributed by atoms with van der Waals surface area (Å²) in [4.78, 5) is 20.5. The third-order valence-corrected chi connectivity index (χ3v) is 5.99. The molecule has 0 radical (unpaired) electrons.